The largest absolute Gasteiger partial charge is 0.497 e. The molecule has 0 saturated heterocycles. The lowest BCUT2D eigenvalue weighted by Crippen LogP contribution is -2.50. The number of carbonyl (C=O) groups excluding carboxylic acids is 3. The number of halogens is 1. The van der Waals surface area contributed by atoms with Crippen molar-refractivity contribution in [1.29, 1.82) is 0 Å². The Labute approximate surface area is 149 Å². The van der Waals surface area contributed by atoms with Crippen molar-refractivity contribution < 1.29 is 23.9 Å². The Morgan fingerprint density at radius 3 is 2.38 bits per heavy atom. The molecule has 1 rings (SSSR count). The molecule has 0 unspecified atom stereocenters. The summed E-state index contributed by atoms with van der Waals surface area (Å²) in [7, 11) is 1.47. The highest BCUT2D eigenvalue weighted by Gasteiger charge is 2.23. The van der Waals surface area contributed by atoms with Crippen LogP contribution in [0.4, 0.5) is 4.79 Å². The third-order valence-corrected chi connectivity index (χ3v) is 3.46. The summed E-state index contributed by atoms with van der Waals surface area (Å²) in [4.78, 5) is 35.8. The van der Waals surface area contributed by atoms with E-state index in [0.717, 1.165) is 0 Å². The number of hydrogen-bond acceptors (Lipinski definition) is 5. The van der Waals surface area contributed by atoms with Crippen molar-refractivity contribution in [3.05, 3.63) is 28.2 Å². The normalized spacial score (nSPS) is 12.1. The van der Waals surface area contributed by atoms with Gasteiger partial charge in [0.05, 0.1) is 12.7 Å². The van der Waals surface area contributed by atoms with Gasteiger partial charge in [-0.1, -0.05) is 0 Å². The molecular weight excluding hydrogens is 380 g/mol. The fourth-order valence-corrected chi connectivity index (χ4v) is 2.06. The molecule has 3 amide bonds. The number of urea groups is 1. The summed E-state index contributed by atoms with van der Waals surface area (Å²) < 4.78 is 10.6. The van der Waals surface area contributed by atoms with Crippen LogP contribution in [0.3, 0.4) is 0 Å². The Bertz CT molecular complexity index is 640. The van der Waals surface area contributed by atoms with E-state index in [1.54, 1.807) is 32.9 Å². The zero-order chi connectivity index (χ0) is 18.5. The van der Waals surface area contributed by atoms with E-state index < -0.39 is 29.6 Å². The molecule has 0 spiro atoms. The standard InChI is InChI=1S/C16H21BrN2O5/c1-9(13(20)18-15(22)19-16(2,3)4)24-14(21)11-8-10(23-5)6-7-12(11)17/h6-9H,1-5H3,(H2,18,19,20,22)/t9-/m1/s1. The zero-order valence-corrected chi connectivity index (χ0v) is 15.8. The molecule has 0 saturated carbocycles. The summed E-state index contributed by atoms with van der Waals surface area (Å²) in [6.07, 6.45) is -1.14. The zero-order valence-electron chi connectivity index (χ0n) is 14.2. The minimum absolute atomic E-state index is 0.216. The molecule has 1 atom stereocenters. The molecule has 7 nitrogen and oxygen atoms in total. The predicted molar refractivity (Wildman–Crippen MR) is 92.0 cm³/mol. The van der Waals surface area contributed by atoms with Gasteiger partial charge in [0.1, 0.15) is 5.75 Å². The van der Waals surface area contributed by atoms with Crippen molar-refractivity contribution in [2.75, 3.05) is 7.11 Å². The summed E-state index contributed by atoms with van der Waals surface area (Å²) in [6.45, 7) is 6.72. The second-order valence-corrected chi connectivity index (χ2v) is 6.94. The average Bonchev–Trinajstić information content (AvgIpc) is 2.45. The molecular formula is C16H21BrN2O5. The molecule has 1 aromatic carbocycles. The highest BCUT2D eigenvalue weighted by Crippen LogP contribution is 2.23. The Morgan fingerprint density at radius 2 is 1.83 bits per heavy atom. The van der Waals surface area contributed by atoms with Crippen LogP contribution in [0.2, 0.25) is 0 Å². The SMILES string of the molecule is COc1ccc(Br)c(C(=O)O[C@H](C)C(=O)NC(=O)NC(C)(C)C)c1. The van der Waals surface area contributed by atoms with Gasteiger partial charge in [-0.15, -0.1) is 0 Å². The van der Waals surface area contributed by atoms with E-state index in [2.05, 4.69) is 26.6 Å². The summed E-state index contributed by atoms with van der Waals surface area (Å²) in [5, 5.41) is 4.71. The van der Waals surface area contributed by atoms with Crippen molar-refractivity contribution in [3.63, 3.8) is 0 Å². The maximum atomic E-state index is 12.2. The topological polar surface area (TPSA) is 93.7 Å². The smallest absolute Gasteiger partial charge is 0.340 e. The van der Waals surface area contributed by atoms with Gasteiger partial charge in [-0.25, -0.2) is 9.59 Å². The van der Waals surface area contributed by atoms with Crippen LogP contribution in [-0.2, 0) is 9.53 Å². The average molecular weight is 401 g/mol. The quantitative estimate of drug-likeness (QED) is 0.757. The molecule has 0 heterocycles. The van der Waals surface area contributed by atoms with Crippen molar-refractivity contribution in [1.82, 2.24) is 10.6 Å². The first-order valence-corrected chi connectivity index (χ1v) is 8.00. The van der Waals surface area contributed by atoms with E-state index in [9.17, 15) is 14.4 Å². The number of amides is 3. The van der Waals surface area contributed by atoms with Gasteiger partial charge in [0.15, 0.2) is 6.10 Å². The number of methoxy groups -OCH3 is 1. The first-order valence-electron chi connectivity index (χ1n) is 7.21. The van der Waals surface area contributed by atoms with E-state index in [4.69, 9.17) is 9.47 Å². The van der Waals surface area contributed by atoms with Gasteiger partial charge in [0.2, 0.25) is 0 Å². The number of nitrogens with one attached hydrogen (secondary N) is 2. The van der Waals surface area contributed by atoms with Crippen molar-refractivity contribution in [2.45, 2.75) is 39.3 Å². The summed E-state index contributed by atoms with van der Waals surface area (Å²) in [5.41, 5.74) is -0.274. The van der Waals surface area contributed by atoms with Gasteiger partial charge in [0.25, 0.3) is 5.91 Å². The number of hydrogen-bond donors (Lipinski definition) is 2. The fourth-order valence-electron chi connectivity index (χ4n) is 1.65. The van der Waals surface area contributed by atoms with Crippen LogP contribution in [0.1, 0.15) is 38.1 Å². The lowest BCUT2D eigenvalue weighted by Gasteiger charge is -2.21. The number of rotatable bonds is 4. The fraction of sp³-hybridized carbons (Fsp3) is 0.438. The molecule has 132 valence electrons. The van der Waals surface area contributed by atoms with Crippen molar-refractivity contribution in [3.8, 4) is 5.75 Å². The van der Waals surface area contributed by atoms with E-state index >= 15 is 0 Å². The molecule has 8 heteroatoms. The molecule has 0 aliphatic heterocycles. The highest BCUT2D eigenvalue weighted by atomic mass is 79.9. The predicted octanol–water partition coefficient (Wildman–Crippen LogP) is 2.63. The second kappa shape index (κ2) is 8.14. The van der Waals surface area contributed by atoms with E-state index in [-0.39, 0.29) is 5.56 Å². The monoisotopic (exact) mass is 400 g/mol. The minimum Gasteiger partial charge on any atom is -0.497 e. The number of esters is 1. The van der Waals surface area contributed by atoms with Crippen LogP contribution in [-0.4, -0.2) is 36.7 Å². The maximum Gasteiger partial charge on any atom is 0.340 e. The lowest BCUT2D eigenvalue weighted by molar-refractivity contribution is -0.127. The van der Waals surface area contributed by atoms with E-state index in [1.807, 2.05) is 0 Å². The Morgan fingerprint density at radius 1 is 1.21 bits per heavy atom. The maximum absolute atomic E-state index is 12.2. The van der Waals surface area contributed by atoms with Gasteiger partial charge >= 0.3 is 12.0 Å². The van der Waals surface area contributed by atoms with Crippen LogP contribution < -0.4 is 15.4 Å². The summed E-state index contributed by atoms with van der Waals surface area (Å²) in [5.74, 6) is -0.949. The third-order valence-electron chi connectivity index (χ3n) is 2.77. The molecule has 0 radical (unpaired) electrons. The summed E-state index contributed by atoms with van der Waals surface area (Å²) >= 11 is 3.24. The van der Waals surface area contributed by atoms with E-state index in [1.165, 1.54) is 20.1 Å². The van der Waals surface area contributed by atoms with Gasteiger partial charge in [-0.05, 0) is 61.8 Å². The number of carbonyl (C=O) groups is 3. The van der Waals surface area contributed by atoms with E-state index in [0.29, 0.717) is 10.2 Å². The Hall–Kier alpha value is -2.09. The molecule has 0 bridgehead atoms. The van der Waals surface area contributed by atoms with Gasteiger partial charge in [-0.3, -0.25) is 10.1 Å². The molecule has 2 N–H and O–H groups in total. The third kappa shape index (κ3) is 6.19. The molecule has 0 aliphatic carbocycles. The molecule has 0 aliphatic rings. The van der Waals surface area contributed by atoms with Crippen LogP contribution in [0.25, 0.3) is 0 Å². The van der Waals surface area contributed by atoms with Crippen molar-refractivity contribution >= 4 is 33.8 Å². The van der Waals surface area contributed by atoms with Gasteiger partial charge < -0.3 is 14.8 Å². The van der Waals surface area contributed by atoms with Gasteiger partial charge in [0, 0.05) is 10.0 Å². The first kappa shape index (κ1) is 20.0. The minimum atomic E-state index is -1.14. The first-order chi connectivity index (χ1) is 11.0. The number of benzene rings is 1. The van der Waals surface area contributed by atoms with Crippen LogP contribution in [0, 0.1) is 0 Å². The van der Waals surface area contributed by atoms with Crippen molar-refractivity contribution in [2.24, 2.45) is 0 Å². The van der Waals surface area contributed by atoms with Crippen LogP contribution in [0.15, 0.2) is 22.7 Å². The molecule has 24 heavy (non-hydrogen) atoms. The molecule has 0 fully saturated rings. The number of ether oxygens (including phenoxy) is 2. The lowest BCUT2D eigenvalue weighted by atomic mass is 10.1. The highest BCUT2D eigenvalue weighted by molar-refractivity contribution is 9.10. The van der Waals surface area contributed by atoms with Gasteiger partial charge in [-0.2, -0.15) is 0 Å². The summed E-state index contributed by atoms with van der Waals surface area (Å²) in [6, 6.07) is 4.15. The Kier molecular flexibility index (Phi) is 6.77. The number of imide groups is 1. The molecule has 0 aromatic heterocycles. The Balaban J connectivity index is 2.70. The second-order valence-electron chi connectivity index (χ2n) is 6.09. The van der Waals surface area contributed by atoms with Crippen LogP contribution >= 0.6 is 15.9 Å². The molecule has 1 aromatic rings. The van der Waals surface area contributed by atoms with Crippen LogP contribution in [0.5, 0.6) is 5.75 Å².